The molecule has 0 bridgehead atoms. The van der Waals surface area contributed by atoms with Gasteiger partial charge in [0.15, 0.2) is 0 Å². The van der Waals surface area contributed by atoms with Crippen molar-refractivity contribution in [2.75, 3.05) is 0 Å². The van der Waals surface area contributed by atoms with Crippen LogP contribution in [-0.2, 0) is 6.42 Å². The minimum atomic E-state index is 0.445. The van der Waals surface area contributed by atoms with Gasteiger partial charge in [-0.05, 0) is 87.7 Å². The summed E-state index contributed by atoms with van der Waals surface area (Å²) < 4.78 is 13.5. The molecular formula is C45H38O2. The van der Waals surface area contributed by atoms with E-state index >= 15 is 0 Å². The molecule has 0 fully saturated rings. The molecule has 1 aliphatic rings. The van der Waals surface area contributed by atoms with Crippen molar-refractivity contribution in [2.45, 2.75) is 58.8 Å². The van der Waals surface area contributed by atoms with E-state index in [0.717, 1.165) is 52.7 Å². The quantitative estimate of drug-likeness (QED) is 0.187. The fraction of sp³-hybridized carbons (Fsp3) is 0.200. The molecule has 1 aliphatic carbocycles. The largest absolute Gasteiger partial charge is 0.455 e. The van der Waals surface area contributed by atoms with E-state index in [2.05, 4.69) is 137 Å². The summed E-state index contributed by atoms with van der Waals surface area (Å²) >= 11 is 0. The minimum absolute atomic E-state index is 0.445. The molecule has 6 aromatic carbocycles. The first-order valence-corrected chi connectivity index (χ1v) is 17.2. The number of para-hydroxylation sites is 4. The van der Waals surface area contributed by atoms with Gasteiger partial charge in [0.05, 0.1) is 0 Å². The van der Waals surface area contributed by atoms with E-state index in [1.54, 1.807) is 0 Å². The van der Waals surface area contributed by atoms with Gasteiger partial charge in [-0.1, -0.05) is 125 Å². The summed E-state index contributed by atoms with van der Waals surface area (Å²) in [4.78, 5) is 0. The van der Waals surface area contributed by atoms with Crippen LogP contribution in [0.2, 0.25) is 0 Å². The van der Waals surface area contributed by atoms with E-state index in [4.69, 9.17) is 8.83 Å². The minimum Gasteiger partial charge on any atom is -0.455 e. The van der Waals surface area contributed by atoms with Crippen molar-refractivity contribution >= 4 is 43.9 Å². The lowest BCUT2D eigenvalue weighted by Gasteiger charge is -2.09. The zero-order chi connectivity index (χ0) is 31.8. The fourth-order valence-corrected chi connectivity index (χ4v) is 7.86. The van der Waals surface area contributed by atoms with Gasteiger partial charge < -0.3 is 8.83 Å². The molecule has 2 unspecified atom stereocenters. The van der Waals surface area contributed by atoms with E-state index in [9.17, 15) is 0 Å². The first-order valence-electron chi connectivity index (χ1n) is 17.2. The van der Waals surface area contributed by atoms with Gasteiger partial charge in [-0.2, -0.15) is 0 Å². The Balaban J connectivity index is 1.17. The molecule has 0 N–H and O–H groups in total. The number of furan rings is 2. The predicted molar refractivity (Wildman–Crippen MR) is 198 cm³/mol. The highest BCUT2D eigenvalue weighted by Gasteiger charge is 2.23. The van der Waals surface area contributed by atoms with Crippen molar-refractivity contribution < 1.29 is 8.83 Å². The van der Waals surface area contributed by atoms with Gasteiger partial charge in [0.25, 0.3) is 0 Å². The van der Waals surface area contributed by atoms with Crippen molar-refractivity contribution in [1.82, 2.24) is 0 Å². The zero-order valence-corrected chi connectivity index (χ0v) is 27.5. The van der Waals surface area contributed by atoms with Crippen molar-refractivity contribution in [1.29, 1.82) is 0 Å². The van der Waals surface area contributed by atoms with Gasteiger partial charge in [0.2, 0.25) is 0 Å². The molecule has 0 spiro atoms. The molecule has 0 saturated carbocycles. The molecule has 2 aromatic heterocycles. The molecule has 0 radical (unpaired) electrons. The Kier molecular flexibility index (Phi) is 6.44. The zero-order valence-electron chi connectivity index (χ0n) is 27.5. The van der Waals surface area contributed by atoms with Crippen LogP contribution in [0.25, 0.3) is 77.3 Å². The maximum atomic E-state index is 6.74. The number of fused-ring (bicyclic) bond motifs is 9. The molecule has 0 saturated heterocycles. The van der Waals surface area contributed by atoms with Gasteiger partial charge in [0.1, 0.15) is 22.3 Å². The molecule has 2 heteroatoms. The lowest BCUT2D eigenvalue weighted by Crippen LogP contribution is -1.90. The molecule has 230 valence electrons. The third-order valence-corrected chi connectivity index (χ3v) is 10.9. The molecule has 0 aliphatic heterocycles. The first-order chi connectivity index (χ1) is 23.0. The van der Waals surface area contributed by atoms with Crippen molar-refractivity contribution in [2.24, 2.45) is 0 Å². The molecule has 2 nitrogen and oxygen atoms in total. The SMILES string of the molecule is CCC(C)c1cccc2c1oc1c(-c3ccc4c(c3)-c3cc(-c5cccc6c5oc5c(C(C)CC)cccc56)ccc3C4)cccc12. The Hall–Kier alpha value is -5.08. The first kappa shape index (κ1) is 28.2. The second-order valence-electron chi connectivity index (χ2n) is 13.6. The third-order valence-electron chi connectivity index (χ3n) is 10.9. The van der Waals surface area contributed by atoms with Crippen LogP contribution < -0.4 is 0 Å². The van der Waals surface area contributed by atoms with Crippen LogP contribution in [0.1, 0.15) is 74.6 Å². The van der Waals surface area contributed by atoms with E-state index < -0.39 is 0 Å². The maximum Gasteiger partial charge on any atom is 0.143 e. The lowest BCUT2D eigenvalue weighted by atomic mass is 9.94. The Labute approximate surface area is 275 Å². The molecule has 0 amide bonds. The summed E-state index contributed by atoms with van der Waals surface area (Å²) in [6.45, 7) is 9.06. The fourth-order valence-electron chi connectivity index (χ4n) is 7.86. The van der Waals surface area contributed by atoms with E-state index in [0.29, 0.717) is 11.8 Å². The topological polar surface area (TPSA) is 26.3 Å². The van der Waals surface area contributed by atoms with Gasteiger partial charge in [0, 0.05) is 32.7 Å². The van der Waals surface area contributed by atoms with Crippen LogP contribution in [0.5, 0.6) is 0 Å². The molecule has 9 rings (SSSR count). The summed E-state index contributed by atoms with van der Waals surface area (Å²) in [5, 5.41) is 4.76. The lowest BCUT2D eigenvalue weighted by molar-refractivity contribution is 0.646. The standard InChI is InChI=1S/C45H38O2/c1-5-26(3)32-11-7-15-36-38-17-9-13-34(44(38)46-42(32)36)30-21-19-28-23-29-20-22-31(25-41(29)40(28)24-30)35-14-10-18-39-37-16-8-12-33(27(4)6-2)43(37)47-45(35)39/h7-22,24-27H,5-6,23H2,1-4H3. The van der Waals surface area contributed by atoms with Crippen molar-refractivity contribution in [3.63, 3.8) is 0 Å². The van der Waals surface area contributed by atoms with Crippen LogP contribution in [-0.4, -0.2) is 0 Å². The Morgan fingerprint density at radius 1 is 0.468 bits per heavy atom. The van der Waals surface area contributed by atoms with E-state index in [1.807, 2.05) is 0 Å². The molecule has 8 aromatic rings. The second-order valence-corrected chi connectivity index (χ2v) is 13.6. The van der Waals surface area contributed by atoms with Crippen LogP contribution in [0, 0.1) is 0 Å². The predicted octanol–water partition coefficient (Wildman–Crippen LogP) is 13.4. The number of hydrogen-bond donors (Lipinski definition) is 0. The maximum absolute atomic E-state index is 6.74. The number of rotatable bonds is 6. The molecule has 2 heterocycles. The average molecular weight is 611 g/mol. The van der Waals surface area contributed by atoms with Crippen LogP contribution in [0.15, 0.2) is 118 Å². The van der Waals surface area contributed by atoms with Gasteiger partial charge in [-0.15, -0.1) is 0 Å². The van der Waals surface area contributed by atoms with Crippen LogP contribution in [0.3, 0.4) is 0 Å². The summed E-state index contributed by atoms with van der Waals surface area (Å²) in [7, 11) is 0. The van der Waals surface area contributed by atoms with Gasteiger partial charge >= 0.3 is 0 Å². The van der Waals surface area contributed by atoms with Gasteiger partial charge in [-0.25, -0.2) is 0 Å². The van der Waals surface area contributed by atoms with Crippen LogP contribution >= 0.6 is 0 Å². The summed E-state index contributed by atoms with van der Waals surface area (Å²) in [6.07, 6.45) is 3.11. The van der Waals surface area contributed by atoms with E-state index in [-0.39, 0.29) is 0 Å². The number of benzene rings is 6. The summed E-state index contributed by atoms with van der Waals surface area (Å²) in [5.41, 5.74) is 16.6. The summed E-state index contributed by atoms with van der Waals surface area (Å²) in [6, 6.07) is 40.3. The Morgan fingerprint density at radius 3 is 1.30 bits per heavy atom. The average Bonchev–Trinajstić information content (AvgIpc) is 3.81. The second kappa shape index (κ2) is 10.7. The van der Waals surface area contributed by atoms with Crippen molar-refractivity contribution in [3.05, 3.63) is 131 Å². The third kappa shape index (κ3) is 4.24. The van der Waals surface area contributed by atoms with Crippen LogP contribution in [0.4, 0.5) is 0 Å². The highest BCUT2D eigenvalue weighted by molar-refractivity contribution is 6.12. The number of hydrogen-bond acceptors (Lipinski definition) is 2. The Morgan fingerprint density at radius 2 is 0.872 bits per heavy atom. The molecular weight excluding hydrogens is 572 g/mol. The summed E-state index contributed by atoms with van der Waals surface area (Å²) in [5.74, 6) is 0.890. The monoisotopic (exact) mass is 610 g/mol. The van der Waals surface area contributed by atoms with Gasteiger partial charge in [-0.3, -0.25) is 0 Å². The van der Waals surface area contributed by atoms with Crippen molar-refractivity contribution in [3.8, 4) is 33.4 Å². The Bertz CT molecular complexity index is 2330. The molecule has 2 atom stereocenters. The highest BCUT2D eigenvalue weighted by atomic mass is 16.3. The van der Waals surface area contributed by atoms with E-state index in [1.165, 1.54) is 66.1 Å². The smallest absolute Gasteiger partial charge is 0.143 e. The normalized spacial score (nSPS) is 13.9. The molecule has 47 heavy (non-hydrogen) atoms. The highest BCUT2D eigenvalue weighted by Crippen LogP contribution is 2.45.